The van der Waals surface area contributed by atoms with Gasteiger partial charge < -0.3 is 15.2 Å². The van der Waals surface area contributed by atoms with Crippen molar-refractivity contribution in [2.75, 3.05) is 13.7 Å². The van der Waals surface area contributed by atoms with Gasteiger partial charge in [0.05, 0.1) is 13.2 Å². The van der Waals surface area contributed by atoms with E-state index >= 15 is 0 Å². The minimum atomic E-state index is -0.0574. The molecule has 1 aromatic rings. The van der Waals surface area contributed by atoms with Gasteiger partial charge in [-0.2, -0.15) is 0 Å². The van der Waals surface area contributed by atoms with E-state index in [-0.39, 0.29) is 6.10 Å². The molecule has 2 rings (SSSR count). The fraction of sp³-hybridized carbons (Fsp3) is 0.538. The molecule has 1 aliphatic rings. The van der Waals surface area contributed by atoms with Crippen LogP contribution < -0.4 is 10.1 Å². The Balaban J connectivity index is 1.76. The van der Waals surface area contributed by atoms with Gasteiger partial charge in [0, 0.05) is 12.1 Å². The first-order chi connectivity index (χ1) is 7.79. The van der Waals surface area contributed by atoms with Crippen molar-refractivity contribution in [2.24, 2.45) is 5.92 Å². The number of hydrogen-bond acceptors (Lipinski definition) is 3. The largest absolute Gasteiger partial charge is 0.496 e. The maximum Gasteiger partial charge on any atom is 0.123 e. The topological polar surface area (TPSA) is 41.5 Å². The zero-order valence-corrected chi connectivity index (χ0v) is 9.65. The summed E-state index contributed by atoms with van der Waals surface area (Å²) in [4.78, 5) is 0. The molecule has 0 saturated heterocycles. The molecule has 3 heteroatoms. The minimum absolute atomic E-state index is 0.0574. The Kier molecular flexibility index (Phi) is 3.80. The van der Waals surface area contributed by atoms with E-state index in [1.54, 1.807) is 7.11 Å². The summed E-state index contributed by atoms with van der Waals surface area (Å²) in [6, 6.07) is 8.04. The summed E-state index contributed by atoms with van der Waals surface area (Å²) >= 11 is 0. The molecule has 16 heavy (non-hydrogen) atoms. The monoisotopic (exact) mass is 221 g/mol. The van der Waals surface area contributed by atoms with E-state index in [1.807, 2.05) is 18.2 Å². The van der Waals surface area contributed by atoms with Crippen molar-refractivity contribution in [1.29, 1.82) is 0 Å². The first-order valence-corrected chi connectivity index (χ1v) is 5.80. The van der Waals surface area contributed by atoms with E-state index in [1.165, 1.54) is 5.56 Å². The molecule has 1 aromatic carbocycles. The summed E-state index contributed by atoms with van der Waals surface area (Å²) < 4.78 is 5.28. The maximum absolute atomic E-state index is 9.17. The average molecular weight is 221 g/mol. The van der Waals surface area contributed by atoms with Crippen molar-refractivity contribution in [2.45, 2.75) is 25.5 Å². The molecular weight excluding hydrogens is 202 g/mol. The van der Waals surface area contributed by atoms with E-state index in [2.05, 4.69) is 11.4 Å². The highest BCUT2D eigenvalue weighted by Crippen LogP contribution is 2.26. The summed E-state index contributed by atoms with van der Waals surface area (Å²) in [6.07, 6.45) is 1.83. The van der Waals surface area contributed by atoms with Crippen LogP contribution in [0.3, 0.4) is 0 Å². The van der Waals surface area contributed by atoms with Crippen molar-refractivity contribution >= 4 is 0 Å². The zero-order valence-electron chi connectivity index (χ0n) is 9.65. The highest BCUT2D eigenvalue weighted by Gasteiger charge is 2.26. The van der Waals surface area contributed by atoms with Crippen LogP contribution in [0.15, 0.2) is 24.3 Å². The van der Waals surface area contributed by atoms with Gasteiger partial charge in [0.15, 0.2) is 0 Å². The predicted octanol–water partition coefficient (Wildman–Crippen LogP) is 1.56. The summed E-state index contributed by atoms with van der Waals surface area (Å²) in [5.41, 5.74) is 1.19. The molecule has 3 nitrogen and oxygen atoms in total. The van der Waals surface area contributed by atoms with Gasteiger partial charge in [-0.15, -0.1) is 0 Å². The summed E-state index contributed by atoms with van der Waals surface area (Å²) in [5.74, 6) is 1.58. The van der Waals surface area contributed by atoms with Crippen LogP contribution in [0.5, 0.6) is 5.75 Å². The molecule has 88 valence electrons. The molecule has 0 unspecified atom stereocenters. The molecule has 0 spiro atoms. The molecule has 0 bridgehead atoms. The van der Waals surface area contributed by atoms with Gasteiger partial charge in [0.2, 0.25) is 0 Å². The Morgan fingerprint density at radius 3 is 2.81 bits per heavy atom. The number of hydrogen-bond donors (Lipinski definition) is 2. The number of aliphatic hydroxyl groups is 1. The lowest BCUT2D eigenvalue weighted by Gasteiger charge is -2.31. The van der Waals surface area contributed by atoms with E-state index in [0.717, 1.165) is 31.7 Å². The van der Waals surface area contributed by atoms with Crippen LogP contribution in [-0.2, 0) is 6.54 Å². The van der Waals surface area contributed by atoms with Crippen molar-refractivity contribution in [3.8, 4) is 5.75 Å². The van der Waals surface area contributed by atoms with Crippen LogP contribution in [0.1, 0.15) is 18.4 Å². The molecule has 1 fully saturated rings. The maximum atomic E-state index is 9.17. The van der Waals surface area contributed by atoms with Gasteiger partial charge in [0.25, 0.3) is 0 Å². The molecule has 0 aromatic heterocycles. The average Bonchev–Trinajstić information content (AvgIpc) is 2.27. The number of nitrogens with one attached hydrogen (secondary N) is 1. The van der Waals surface area contributed by atoms with Crippen LogP contribution in [0.4, 0.5) is 0 Å². The number of methoxy groups -OCH3 is 1. The fourth-order valence-corrected chi connectivity index (χ4v) is 2.13. The van der Waals surface area contributed by atoms with Crippen LogP contribution in [-0.4, -0.2) is 24.9 Å². The van der Waals surface area contributed by atoms with Gasteiger partial charge in [-0.05, 0) is 31.4 Å². The quantitative estimate of drug-likeness (QED) is 0.792. The van der Waals surface area contributed by atoms with Crippen molar-refractivity contribution in [3.63, 3.8) is 0 Å². The first-order valence-electron chi connectivity index (χ1n) is 5.80. The Morgan fingerprint density at radius 2 is 2.12 bits per heavy atom. The van der Waals surface area contributed by atoms with Gasteiger partial charge >= 0.3 is 0 Å². The van der Waals surface area contributed by atoms with E-state index in [0.29, 0.717) is 5.92 Å². The van der Waals surface area contributed by atoms with Crippen LogP contribution in [0, 0.1) is 5.92 Å². The Labute approximate surface area is 96.4 Å². The Hall–Kier alpha value is -1.06. The van der Waals surface area contributed by atoms with E-state index < -0.39 is 0 Å². The van der Waals surface area contributed by atoms with E-state index in [9.17, 15) is 0 Å². The number of benzene rings is 1. The van der Waals surface area contributed by atoms with Crippen LogP contribution >= 0.6 is 0 Å². The normalized spacial score (nSPS) is 23.9. The molecule has 1 aliphatic carbocycles. The molecule has 0 amide bonds. The molecule has 1 saturated carbocycles. The first kappa shape index (κ1) is 11.4. The SMILES string of the molecule is COc1ccccc1CNCC1CC(O)C1. The highest BCUT2D eigenvalue weighted by atomic mass is 16.5. The summed E-state index contributed by atoms with van der Waals surface area (Å²) in [7, 11) is 1.70. The third-order valence-electron chi connectivity index (χ3n) is 3.15. The second kappa shape index (κ2) is 5.32. The number of rotatable bonds is 5. The number of ether oxygens (including phenoxy) is 1. The zero-order chi connectivity index (χ0) is 11.4. The van der Waals surface area contributed by atoms with Crippen molar-refractivity contribution < 1.29 is 9.84 Å². The summed E-state index contributed by atoms with van der Waals surface area (Å²) in [6.45, 7) is 1.81. The Bertz CT molecular complexity index is 334. The van der Waals surface area contributed by atoms with Gasteiger partial charge in [0.1, 0.15) is 5.75 Å². The van der Waals surface area contributed by atoms with E-state index in [4.69, 9.17) is 9.84 Å². The third kappa shape index (κ3) is 2.74. The lowest BCUT2D eigenvalue weighted by atomic mass is 9.82. The van der Waals surface area contributed by atoms with Crippen molar-refractivity contribution in [3.05, 3.63) is 29.8 Å². The second-order valence-electron chi connectivity index (χ2n) is 4.43. The summed E-state index contributed by atoms with van der Waals surface area (Å²) in [5, 5.41) is 12.6. The molecule has 0 heterocycles. The van der Waals surface area contributed by atoms with Crippen LogP contribution in [0.2, 0.25) is 0 Å². The van der Waals surface area contributed by atoms with Gasteiger partial charge in [-0.1, -0.05) is 18.2 Å². The second-order valence-corrected chi connectivity index (χ2v) is 4.43. The molecule has 2 N–H and O–H groups in total. The smallest absolute Gasteiger partial charge is 0.123 e. The fourth-order valence-electron chi connectivity index (χ4n) is 2.13. The molecular formula is C13H19NO2. The standard InChI is InChI=1S/C13H19NO2/c1-16-13-5-3-2-4-11(13)9-14-8-10-6-12(15)7-10/h2-5,10,12,14-15H,6-9H2,1H3. The van der Waals surface area contributed by atoms with Gasteiger partial charge in [-0.25, -0.2) is 0 Å². The lowest BCUT2D eigenvalue weighted by Crippen LogP contribution is -2.35. The third-order valence-corrected chi connectivity index (χ3v) is 3.15. The molecule has 0 atom stereocenters. The molecule has 0 aliphatic heterocycles. The number of aliphatic hydroxyl groups excluding tert-OH is 1. The number of para-hydroxylation sites is 1. The predicted molar refractivity (Wildman–Crippen MR) is 63.4 cm³/mol. The lowest BCUT2D eigenvalue weighted by molar-refractivity contribution is 0.0429. The van der Waals surface area contributed by atoms with Crippen molar-refractivity contribution in [1.82, 2.24) is 5.32 Å². The molecule has 0 radical (unpaired) electrons. The highest BCUT2D eigenvalue weighted by molar-refractivity contribution is 5.32. The Morgan fingerprint density at radius 1 is 1.38 bits per heavy atom. The van der Waals surface area contributed by atoms with Gasteiger partial charge in [-0.3, -0.25) is 0 Å². The van der Waals surface area contributed by atoms with Crippen LogP contribution in [0.25, 0.3) is 0 Å². The minimum Gasteiger partial charge on any atom is -0.496 e.